The minimum absolute atomic E-state index is 0.000553. The van der Waals surface area contributed by atoms with E-state index in [9.17, 15) is 18.0 Å². The maximum absolute atomic E-state index is 13.2. The topological polar surface area (TPSA) is 32.8 Å². The molecule has 218 valence electrons. The highest BCUT2D eigenvalue weighted by atomic mass is 35.5. The largest absolute Gasteiger partial charge is 0.416 e. The molecule has 4 rings (SSSR count). The van der Waals surface area contributed by atoms with Crippen molar-refractivity contribution in [2.75, 3.05) is 39.4 Å². The molecule has 2 aliphatic heterocycles. The van der Waals surface area contributed by atoms with Gasteiger partial charge in [-0.1, -0.05) is 76.9 Å². The van der Waals surface area contributed by atoms with E-state index in [1.54, 1.807) is 6.92 Å². The number of halogens is 4. The Labute approximate surface area is 237 Å². The van der Waals surface area contributed by atoms with Crippen LogP contribution in [0, 0.1) is 11.8 Å². The minimum atomic E-state index is -4.35. The summed E-state index contributed by atoms with van der Waals surface area (Å²) in [7, 11) is 0. The minimum Gasteiger partial charge on any atom is -0.380 e. The second kappa shape index (κ2) is 15.5. The van der Waals surface area contributed by atoms with E-state index in [0.717, 1.165) is 17.2 Å². The number of benzene rings is 1. The molecule has 0 N–H and O–H groups in total. The number of piperazine rings is 1. The van der Waals surface area contributed by atoms with Crippen molar-refractivity contribution in [2.45, 2.75) is 66.5 Å². The Kier molecular flexibility index (Phi) is 13.1. The number of amides is 1. The van der Waals surface area contributed by atoms with E-state index in [0.29, 0.717) is 50.0 Å². The first kappa shape index (κ1) is 33.0. The third-order valence-corrected chi connectivity index (χ3v) is 7.45. The second-order valence-corrected chi connectivity index (χ2v) is 10.7. The number of carbonyl (C=O) groups excluding carboxylic acids is 1. The van der Waals surface area contributed by atoms with Crippen molar-refractivity contribution in [1.29, 1.82) is 0 Å². The van der Waals surface area contributed by atoms with Crippen molar-refractivity contribution in [3.8, 4) is 0 Å². The molecule has 0 bridgehead atoms. The average molecular weight is 569 g/mol. The third-order valence-electron chi connectivity index (χ3n) is 7.20. The molecule has 1 amide bonds. The zero-order valence-electron chi connectivity index (χ0n) is 24.2. The third kappa shape index (κ3) is 9.42. The fourth-order valence-corrected chi connectivity index (χ4v) is 4.77. The molecule has 0 saturated carbocycles. The summed E-state index contributed by atoms with van der Waals surface area (Å²) in [6, 6.07) is 7.53. The van der Waals surface area contributed by atoms with Gasteiger partial charge in [0.1, 0.15) is 0 Å². The number of rotatable bonds is 4. The molecule has 2 atom stereocenters. The molecule has 2 unspecified atom stereocenters. The van der Waals surface area contributed by atoms with Crippen molar-refractivity contribution in [3.05, 3.63) is 69.9 Å². The van der Waals surface area contributed by atoms with Gasteiger partial charge in [-0.25, -0.2) is 0 Å². The summed E-state index contributed by atoms with van der Waals surface area (Å²) in [5.74, 6) is 0.722. The van der Waals surface area contributed by atoms with Crippen molar-refractivity contribution in [1.82, 2.24) is 9.80 Å². The Morgan fingerprint density at radius 3 is 2.18 bits per heavy atom. The monoisotopic (exact) mass is 568 g/mol. The van der Waals surface area contributed by atoms with E-state index in [4.69, 9.17) is 16.3 Å². The molecule has 1 aromatic rings. The van der Waals surface area contributed by atoms with Gasteiger partial charge in [-0.2, -0.15) is 13.2 Å². The summed E-state index contributed by atoms with van der Waals surface area (Å²) < 4.78 is 45.0. The Morgan fingerprint density at radius 2 is 1.64 bits per heavy atom. The van der Waals surface area contributed by atoms with Crippen LogP contribution in [0.15, 0.2) is 59.3 Å². The lowest BCUT2D eigenvalue weighted by Gasteiger charge is -2.39. The van der Waals surface area contributed by atoms with Crippen LogP contribution in [0.5, 0.6) is 0 Å². The van der Waals surface area contributed by atoms with Gasteiger partial charge in [-0.15, -0.1) is 0 Å². The van der Waals surface area contributed by atoms with E-state index < -0.39 is 11.7 Å². The van der Waals surface area contributed by atoms with Crippen LogP contribution >= 0.6 is 11.6 Å². The average Bonchev–Trinajstić information content (AvgIpc) is 3.32. The highest BCUT2D eigenvalue weighted by molar-refractivity contribution is 6.30. The van der Waals surface area contributed by atoms with Crippen LogP contribution < -0.4 is 0 Å². The molecule has 1 aliphatic carbocycles. The molecular formula is C31H44ClF3N2O2. The molecule has 3 aliphatic rings. The van der Waals surface area contributed by atoms with Gasteiger partial charge in [0, 0.05) is 42.8 Å². The first-order valence-electron chi connectivity index (χ1n) is 14.0. The maximum atomic E-state index is 13.2. The summed E-state index contributed by atoms with van der Waals surface area (Å²) in [5.41, 5.74) is 1.85. The van der Waals surface area contributed by atoms with Gasteiger partial charge in [-0.05, 0) is 48.6 Å². The summed E-state index contributed by atoms with van der Waals surface area (Å²) in [4.78, 5) is 17.2. The number of carbonyl (C=O) groups is 1. The molecule has 4 nitrogen and oxygen atoms in total. The summed E-state index contributed by atoms with van der Waals surface area (Å²) in [6.45, 7) is 15.5. The van der Waals surface area contributed by atoms with Crippen LogP contribution in [0.4, 0.5) is 13.2 Å². The van der Waals surface area contributed by atoms with Crippen LogP contribution in [-0.2, 0) is 9.53 Å². The van der Waals surface area contributed by atoms with Gasteiger partial charge < -0.3 is 14.5 Å². The van der Waals surface area contributed by atoms with Crippen LogP contribution in [0.1, 0.15) is 65.9 Å². The molecule has 2 heterocycles. The predicted octanol–water partition coefficient (Wildman–Crippen LogP) is 8.02. The zero-order chi connectivity index (χ0) is 29.2. The molecule has 1 aromatic carbocycles. The molecule has 39 heavy (non-hydrogen) atoms. The predicted molar refractivity (Wildman–Crippen MR) is 154 cm³/mol. The first-order valence-corrected chi connectivity index (χ1v) is 14.4. The number of nitrogens with zero attached hydrogens (tertiary/aromatic N) is 2. The van der Waals surface area contributed by atoms with E-state index >= 15 is 0 Å². The highest BCUT2D eigenvalue weighted by Gasteiger charge is 2.38. The quantitative estimate of drug-likeness (QED) is 0.369. The van der Waals surface area contributed by atoms with Gasteiger partial charge >= 0.3 is 6.18 Å². The molecule has 2 saturated heterocycles. The van der Waals surface area contributed by atoms with Crippen LogP contribution in [0.3, 0.4) is 0 Å². The molecule has 0 radical (unpaired) electrons. The van der Waals surface area contributed by atoms with Crippen molar-refractivity contribution in [2.24, 2.45) is 11.8 Å². The Bertz CT molecular complexity index is 1010. The number of hydrogen-bond donors (Lipinski definition) is 0. The van der Waals surface area contributed by atoms with Gasteiger partial charge in [0.25, 0.3) is 0 Å². The Hall–Kier alpha value is -2.25. The highest BCUT2D eigenvalue weighted by Crippen LogP contribution is 2.34. The van der Waals surface area contributed by atoms with E-state index in [-0.39, 0.29) is 24.2 Å². The van der Waals surface area contributed by atoms with E-state index in [1.807, 2.05) is 49.1 Å². The maximum Gasteiger partial charge on any atom is 0.416 e. The Balaban J connectivity index is 0.000000686. The molecule has 0 aromatic heterocycles. The smallest absolute Gasteiger partial charge is 0.380 e. The molecular weight excluding hydrogens is 525 g/mol. The normalized spacial score (nSPS) is 21.6. The number of ether oxygens (including phenoxy) is 1. The van der Waals surface area contributed by atoms with Gasteiger partial charge in [-0.3, -0.25) is 4.79 Å². The zero-order valence-corrected chi connectivity index (χ0v) is 24.9. The fraction of sp³-hybridized carbons (Fsp3) is 0.581. The lowest BCUT2D eigenvalue weighted by Crippen LogP contribution is -2.50. The number of alkyl halides is 3. The van der Waals surface area contributed by atoms with Crippen molar-refractivity contribution < 1.29 is 22.7 Å². The second-order valence-electron chi connectivity index (χ2n) is 10.2. The lowest BCUT2D eigenvalue weighted by molar-refractivity contribution is -0.137. The van der Waals surface area contributed by atoms with Crippen molar-refractivity contribution in [3.63, 3.8) is 0 Å². The lowest BCUT2D eigenvalue weighted by atomic mass is 9.88. The summed E-state index contributed by atoms with van der Waals surface area (Å²) in [6.07, 6.45) is 1.46. The fourth-order valence-electron chi connectivity index (χ4n) is 4.64. The van der Waals surface area contributed by atoms with Gasteiger partial charge in [0.05, 0.1) is 24.7 Å². The SMILES string of the molecule is CC.CC1=CC(C(F)(F)F)=CCC=C1N1CCN(C(=O)C2COCC2c2ccc(Cl)cc2)CC1.CCC(C)C. The molecule has 0 spiro atoms. The van der Waals surface area contributed by atoms with E-state index in [2.05, 4.69) is 25.7 Å². The van der Waals surface area contributed by atoms with Crippen LogP contribution in [0.2, 0.25) is 5.02 Å². The van der Waals surface area contributed by atoms with Gasteiger partial charge in [0.2, 0.25) is 5.91 Å². The van der Waals surface area contributed by atoms with Crippen molar-refractivity contribution >= 4 is 17.5 Å². The summed E-state index contributed by atoms with van der Waals surface area (Å²) >= 11 is 5.99. The van der Waals surface area contributed by atoms with E-state index in [1.165, 1.54) is 18.6 Å². The standard InChI is InChI=1S/C24H26ClF3N2O2.C5H12.C2H6/c1-16-13-18(24(26,27)28)3-2-4-22(16)29-9-11-30(12-10-29)23(31)21-15-32-14-20(21)17-5-7-19(25)8-6-17;1-4-5(2)3;1-2/h3-8,13,20-21H,2,9-12,14-15H2,1H3;5H,4H2,1-3H3;1-2H3. The van der Waals surface area contributed by atoms with Crippen LogP contribution in [-0.4, -0.2) is 61.3 Å². The number of hydrogen-bond acceptors (Lipinski definition) is 3. The number of allylic oxidation sites excluding steroid dienone is 5. The summed E-state index contributed by atoms with van der Waals surface area (Å²) in [5, 5.41) is 0.654. The van der Waals surface area contributed by atoms with Crippen LogP contribution in [0.25, 0.3) is 0 Å². The Morgan fingerprint density at radius 1 is 1.05 bits per heavy atom. The van der Waals surface area contributed by atoms with Gasteiger partial charge in [0.15, 0.2) is 0 Å². The molecule has 8 heteroatoms. The first-order chi connectivity index (χ1) is 18.5. The molecule has 2 fully saturated rings.